The molecule has 5 nitrogen and oxygen atoms in total. The molecule has 0 bridgehead atoms. The van der Waals surface area contributed by atoms with Gasteiger partial charge >= 0.3 is 0 Å². The first-order chi connectivity index (χ1) is 16.1. The molecule has 0 saturated carbocycles. The number of aromatic nitrogens is 1. The van der Waals surface area contributed by atoms with E-state index >= 15 is 0 Å². The van der Waals surface area contributed by atoms with Crippen molar-refractivity contribution in [3.8, 4) is 0 Å². The number of amides is 1. The van der Waals surface area contributed by atoms with E-state index in [0.29, 0.717) is 0 Å². The van der Waals surface area contributed by atoms with Gasteiger partial charge in [-0.05, 0) is 68.3 Å². The van der Waals surface area contributed by atoms with Crippen LogP contribution in [0.3, 0.4) is 0 Å². The van der Waals surface area contributed by atoms with Gasteiger partial charge in [0, 0.05) is 55.2 Å². The number of hydrogen-bond donors (Lipinski definition) is 0. The predicted octanol–water partition coefficient (Wildman–Crippen LogP) is 5.22. The largest absolute Gasteiger partial charge is 0.371 e. The topological polar surface area (TPSA) is 39.7 Å². The van der Waals surface area contributed by atoms with Gasteiger partial charge in [-0.2, -0.15) is 0 Å². The van der Waals surface area contributed by atoms with Gasteiger partial charge in [0.25, 0.3) is 5.91 Å². The van der Waals surface area contributed by atoms with Crippen molar-refractivity contribution in [1.82, 2.24) is 9.88 Å². The lowest BCUT2D eigenvalue weighted by Crippen LogP contribution is -2.49. The highest BCUT2D eigenvalue weighted by molar-refractivity contribution is 7.98. The third kappa shape index (κ3) is 4.54. The fraction of sp³-hybridized carbons (Fsp3) is 0.407. The highest BCUT2D eigenvalue weighted by Crippen LogP contribution is 2.30. The lowest BCUT2D eigenvalue weighted by molar-refractivity contribution is 0.0747. The monoisotopic (exact) mass is 460 g/mol. The van der Waals surface area contributed by atoms with Gasteiger partial charge in [-0.25, -0.2) is 4.98 Å². The first-order valence-electron chi connectivity index (χ1n) is 12.0. The van der Waals surface area contributed by atoms with Gasteiger partial charge in [-0.3, -0.25) is 4.79 Å². The number of pyridine rings is 1. The molecule has 0 aliphatic carbocycles. The zero-order chi connectivity index (χ0) is 22.8. The lowest BCUT2D eigenvalue weighted by Gasteiger charge is -2.37. The Balaban J connectivity index is 1.34. The van der Waals surface area contributed by atoms with Crippen LogP contribution < -0.4 is 9.80 Å². The number of benzene rings is 2. The summed E-state index contributed by atoms with van der Waals surface area (Å²) in [5.41, 5.74) is 4.24. The Bertz CT molecular complexity index is 1150. The number of thioether (sulfide) groups is 1. The first-order valence-corrected chi connectivity index (χ1v) is 13.2. The second-order valence-corrected chi connectivity index (χ2v) is 9.90. The SMILES string of the molecule is CSc1ccc(N2CCCCC2)c(C(=O)N2CCN(c3cc(C)c4ccccc4n3)CC2)c1. The number of carbonyl (C=O) groups is 1. The van der Waals surface area contributed by atoms with Crippen LogP contribution in [0.4, 0.5) is 11.5 Å². The predicted molar refractivity (Wildman–Crippen MR) is 139 cm³/mol. The second kappa shape index (κ2) is 9.64. The molecule has 2 aromatic carbocycles. The van der Waals surface area contributed by atoms with Crippen LogP contribution in [0, 0.1) is 6.92 Å². The van der Waals surface area contributed by atoms with Gasteiger partial charge in [-0.1, -0.05) is 18.2 Å². The Hall–Kier alpha value is -2.73. The summed E-state index contributed by atoms with van der Waals surface area (Å²) in [6.07, 6.45) is 5.76. The van der Waals surface area contributed by atoms with Gasteiger partial charge in [-0.15, -0.1) is 11.8 Å². The zero-order valence-corrected chi connectivity index (χ0v) is 20.4. The molecule has 3 aromatic rings. The first kappa shape index (κ1) is 22.1. The van der Waals surface area contributed by atoms with Gasteiger partial charge in [0.05, 0.1) is 11.1 Å². The molecule has 5 rings (SSSR count). The molecule has 0 radical (unpaired) electrons. The molecule has 2 saturated heterocycles. The highest BCUT2D eigenvalue weighted by atomic mass is 32.2. The number of anilines is 2. The van der Waals surface area contributed by atoms with Crippen LogP contribution in [-0.2, 0) is 0 Å². The van der Waals surface area contributed by atoms with Crippen LogP contribution in [0.15, 0.2) is 53.4 Å². The Labute approximate surface area is 200 Å². The van der Waals surface area contributed by atoms with Gasteiger partial charge < -0.3 is 14.7 Å². The number of hydrogen-bond acceptors (Lipinski definition) is 5. The van der Waals surface area contributed by atoms with Crippen LogP contribution in [0.5, 0.6) is 0 Å². The molecule has 0 unspecified atom stereocenters. The van der Waals surface area contributed by atoms with Crippen LogP contribution in [-0.4, -0.2) is 61.3 Å². The van der Waals surface area contributed by atoms with Crippen LogP contribution in [0.2, 0.25) is 0 Å². The van der Waals surface area contributed by atoms with Gasteiger partial charge in [0.1, 0.15) is 5.82 Å². The van der Waals surface area contributed by atoms with Gasteiger partial charge in [0.15, 0.2) is 0 Å². The summed E-state index contributed by atoms with van der Waals surface area (Å²) in [6.45, 7) is 7.27. The van der Waals surface area contributed by atoms with Crippen LogP contribution in [0.1, 0.15) is 35.2 Å². The van der Waals surface area contributed by atoms with E-state index in [2.05, 4.69) is 65.4 Å². The molecule has 33 heavy (non-hydrogen) atoms. The molecular weight excluding hydrogens is 428 g/mol. The van der Waals surface area contributed by atoms with E-state index < -0.39 is 0 Å². The maximum Gasteiger partial charge on any atom is 0.256 e. The third-order valence-electron chi connectivity index (χ3n) is 6.93. The van der Waals surface area contributed by atoms with E-state index in [1.54, 1.807) is 11.8 Å². The minimum absolute atomic E-state index is 0.161. The number of nitrogens with zero attached hydrogens (tertiary/aromatic N) is 4. The van der Waals surface area contributed by atoms with Crippen molar-refractivity contribution in [2.45, 2.75) is 31.1 Å². The van der Waals surface area contributed by atoms with Crippen molar-refractivity contribution in [2.75, 3.05) is 55.3 Å². The molecule has 1 amide bonds. The summed E-state index contributed by atoms with van der Waals surface area (Å²) < 4.78 is 0. The average molecular weight is 461 g/mol. The summed E-state index contributed by atoms with van der Waals surface area (Å²) in [5.74, 6) is 1.17. The van der Waals surface area contributed by atoms with E-state index in [-0.39, 0.29) is 5.91 Å². The number of para-hydroxylation sites is 1. The molecule has 2 aliphatic heterocycles. The van der Waals surface area contributed by atoms with E-state index in [9.17, 15) is 4.79 Å². The van der Waals surface area contributed by atoms with Crippen LogP contribution >= 0.6 is 11.8 Å². The molecule has 1 aromatic heterocycles. The minimum atomic E-state index is 0.161. The van der Waals surface area contributed by atoms with Crippen molar-refractivity contribution < 1.29 is 4.79 Å². The van der Waals surface area contributed by atoms with Crippen molar-refractivity contribution >= 4 is 40.1 Å². The Morgan fingerprint density at radius 3 is 2.39 bits per heavy atom. The molecule has 3 heterocycles. The number of rotatable bonds is 4. The summed E-state index contributed by atoms with van der Waals surface area (Å²) in [7, 11) is 0. The molecule has 0 spiro atoms. The lowest BCUT2D eigenvalue weighted by atomic mass is 10.1. The highest BCUT2D eigenvalue weighted by Gasteiger charge is 2.27. The molecule has 2 fully saturated rings. The Morgan fingerprint density at radius 2 is 1.64 bits per heavy atom. The number of aryl methyl sites for hydroxylation is 1. The molecule has 172 valence electrons. The number of carbonyl (C=O) groups excluding carboxylic acids is 1. The summed E-state index contributed by atoms with van der Waals surface area (Å²) in [5, 5.41) is 1.20. The van der Waals surface area contributed by atoms with Crippen molar-refractivity contribution in [3.05, 3.63) is 59.7 Å². The van der Waals surface area contributed by atoms with Crippen molar-refractivity contribution in [3.63, 3.8) is 0 Å². The zero-order valence-electron chi connectivity index (χ0n) is 19.6. The fourth-order valence-corrected chi connectivity index (χ4v) is 5.47. The Kier molecular flexibility index (Phi) is 6.45. The smallest absolute Gasteiger partial charge is 0.256 e. The minimum Gasteiger partial charge on any atom is -0.371 e. The molecule has 6 heteroatoms. The number of piperazine rings is 1. The molecule has 0 N–H and O–H groups in total. The molecule has 0 atom stereocenters. The maximum atomic E-state index is 13.7. The Morgan fingerprint density at radius 1 is 0.879 bits per heavy atom. The van der Waals surface area contributed by atoms with E-state index in [4.69, 9.17) is 4.98 Å². The van der Waals surface area contributed by atoms with Crippen molar-refractivity contribution in [1.29, 1.82) is 0 Å². The molecule has 2 aliphatic rings. The van der Waals surface area contributed by atoms with E-state index in [1.807, 2.05) is 11.0 Å². The molecular formula is C27H32N4OS. The standard InChI is InChI=1S/C27H32N4OS/c1-20-18-26(28-24-9-5-4-8-22(20)24)30-14-16-31(17-15-30)27(32)23-19-21(33-2)10-11-25(23)29-12-6-3-7-13-29/h4-5,8-11,18-19H,3,6-7,12-17H2,1-2H3. The van der Waals surface area contributed by atoms with Gasteiger partial charge in [0.2, 0.25) is 0 Å². The summed E-state index contributed by atoms with van der Waals surface area (Å²) in [4.78, 5) is 26.4. The van der Waals surface area contributed by atoms with E-state index in [1.165, 1.54) is 30.2 Å². The normalized spacial score (nSPS) is 17.0. The summed E-state index contributed by atoms with van der Waals surface area (Å²) in [6, 6.07) is 16.9. The maximum absolute atomic E-state index is 13.7. The number of piperidine rings is 1. The van der Waals surface area contributed by atoms with Crippen molar-refractivity contribution in [2.24, 2.45) is 0 Å². The van der Waals surface area contributed by atoms with Crippen LogP contribution in [0.25, 0.3) is 10.9 Å². The summed E-state index contributed by atoms with van der Waals surface area (Å²) >= 11 is 1.70. The average Bonchev–Trinajstić information content (AvgIpc) is 2.88. The quantitative estimate of drug-likeness (QED) is 0.500. The fourth-order valence-electron chi connectivity index (χ4n) is 5.03. The van der Waals surface area contributed by atoms with E-state index in [0.717, 1.165) is 66.7 Å². The third-order valence-corrected chi connectivity index (χ3v) is 7.66. The second-order valence-electron chi connectivity index (χ2n) is 9.02. The number of fused-ring (bicyclic) bond motifs is 1.